The van der Waals surface area contributed by atoms with Crippen LogP contribution in [0.25, 0.3) is 0 Å². The fourth-order valence-electron chi connectivity index (χ4n) is 1.95. The van der Waals surface area contributed by atoms with Gasteiger partial charge in [0.05, 0.1) is 6.61 Å². The average Bonchev–Trinajstić information content (AvgIpc) is 2.56. The summed E-state index contributed by atoms with van der Waals surface area (Å²) in [5.41, 5.74) is 7.52. The summed E-state index contributed by atoms with van der Waals surface area (Å²) in [5.74, 6) is -0.498. The van der Waals surface area contributed by atoms with Crippen LogP contribution in [0.5, 0.6) is 0 Å². The lowest BCUT2D eigenvalue weighted by molar-refractivity contribution is -0.147. The third-order valence-electron chi connectivity index (χ3n) is 3.19. The third-order valence-corrected chi connectivity index (χ3v) is 3.58. The number of halogens is 2. The Balaban J connectivity index is 1.68. The number of nitrogens with two attached hydrogens (primary N) is 1. The van der Waals surface area contributed by atoms with E-state index in [4.69, 9.17) is 38.4 Å². The third kappa shape index (κ3) is 6.45. The fraction of sp³-hybridized carbons (Fsp3) is 0.294. The van der Waals surface area contributed by atoms with Gasteiger partial charge in [0.1, 0.15) is 23.0 Å². The van der Waals surface area contributed by atoms with Crippen LogP contribution in [-0.4, -0.2) is 23.6 Å². The largest absolute Gasteiger partial charge is 0.460 e. The summed E-state index contributed by atoms with van der Waals surface area (Å²) in [5, 5.41) is 0.485. The van der Waals surface area contributed by atoms with Gasteiger partial charge in [-0.2, -0.15) is 0 Å². The number of benzene rings is 1. The lowest BCUT2D eigenvalue weighted by atomic mass is 10.2. The van der Waals surface area contributed by atoms with Crippen LogP contribution in [0.2, 0.25) is 10.3 Å². The monoisotopic (exact) mass is 368 g/mol. The molecule has 0 radical (unpaired) electrons. The molecule has 0 saturated heterocycles. The molecule has 2 rings (SSSR count). The number of carbonyl (C=O) groups excluding carboxylic acids is 1. The molecule has 0 unspecified atom stereocenters. The molecular weight excluding hydrogens is 351 g/mol. The van der Waals surface area contributed by atoms with E-state index in [9.17, 15) is 4.79 Å². The van der Waals surface area contributed by atoms with E-state index in [0.29, 0.717) is 25.2 Å². The van der Waals surface area contributed by atoms with Crippen LogP contribution in [0.4, 0.5) is 0 Å². The van der Waals surface area contributed by atoms with Crippen molar-refractivity contribution in [3.63, 3.8) is 0 Å². The van der Waals surface area contributed by atoms with E-state index in [1.807, 2.05) is 30.3 Å². The van der Waals surface area contributed by atoms with Crippen molar-refractivity contribution in [2.24, 2.45) is 5.73 Å². The van der Waals surface area contributed by atoms with Crippen molar-refractivity contribution in [1.29, 1.82) is 0 Å². The number of nitrogens with zero attached hydrogens (tertiary/aromatic N) is 1. The maximum atomic E-state index is 11.9. The predicted molar refractivity (Wildman–Crippen MR) is 92.7 cm³/mol. The van der Waals surface area contributed by atoms with Crippen LogP contribution in [0.1, 0.15) is 17.5 Å². The number of rotatable bonds is 8. The summed E-state index contributed by atoms with van der Waals surface area (Å²) in [7, 11) is 0. The first kappa shape index (κ1) is 18.7. The maximum absolute atomic E-state index is 11.9. The molecule has 5 nitrogen and oxygen atoms in total. The zero-order valence-electron chi connectivity index (χ0n) is 13.0. The molecule has 128 valence electrons. The fourth-order valence-corrected chi connectivity index (χ4v) is 2.46. The van der Waals surface area contributed by atoms with Gasteiger partial charge in [0.25, 0.3) is 0 Å². The molecule has 7 heteroatoms. The minimum atomic E-state index is -0.742. The quantitative estimate of drug-likeness (QED) is 0.439. The number of hydrogen-bond donors (Lipinski definition) is 1. The smallest absolute Gasteiger partial charge is 0.323 e. The maximum Gasteiger partial charge on any atom is 0.323 e. The minimum Gasteiger partial charge on any atom is -0.460 e. The number of aromatic nitrogens is 1. The van der Waals surface area contributed by atoms with Gasteiger partial charge in [0, 0.05) is 6.61 Å². The lowest BCUT2D eigenvalue weighted by Gasteiger charge is -2.12. The zero-order chi connectivity index (χ0) is 17.4. The van der Waals surface area contributed by atoms with Crippen LogP contribution >= 0.6 is 23.2 Å². The molecule has 24 heavy (non-hydrogen) atoms. The first-order valence-corrected chi connectivity index (χ1v) is 8.16. The molecule has 2 aromatic rings. The molecule has 1 aromatic carbocycles. The molecule has 1 aromatic heterocycles. The lowest BCUT2D eigenvalue weighted by Crippen LogP contribution is -2.33. The first-order chi connectivity index (χ1) is 11.5. The van der Waals surface area contributed by atoms with Gasteiger partial charge in [-0.25, -0.2) is 4.98 Å². The topological polar surface area (TPSA) is 74.4 Å². The summed E-state index contributed by atoms with van der Waals surface area (Å²) < 4.78 is 10.7. The Morgan fingerprint density at radius 1 is 1.08 bits per heavy atom. The van der Waals surface area contributed by atoms with Crippen molar-refractivity contribution < 1.29 is 14.3 Å². The summed E-state index contributed by atoms with van der Waals surface area (Å²) in [4.78, 5) is 15.7. The van der Waals surface area contributed by atoms with Crippen molar-refractivity contribution in [3.8, 4) is 0 Å². The highest BCUT2D eigenvalue weighted by atomic mass is 35.5. The minimum absolute atomic E-state index is 0.0410. The summed E-state index contributed by atoms with van der Waals surface area (Å²) >= 11 is 11.6. The van der Waals surface area contributed by atoms with Gasteiger partial charge in [0.2, 0.25) is 0 Å². The molecule has 0 amide bonds. The SMILES string of the molecule is N[C@@H](CCOCc1ccccc1)C(=O)OCc1cc(Cl)nc(Cl)c1. The molecule has 1 atom stereocenters. The van der Waals surface area contributed by atoms with E-state index in [0.717, 1.165) is 5.56 Å². The van der Waals surface area contributed by atoms with Gasteiger partial charge in [-0.1, -0.05) is 53.5 Å². The number of esters is 1. The highest BCUT2D eigenvalue weighted by Gasteiger charge is 2.15. The normalized spacial score (nSPS) is 12.0. The Kier molecular flexibility index (Phi) is 7.46. The van der Waals surface area contributed by atoms with Gasteiger partial charge in [-0.3, -0.25) is 4.79 Å². The van der Waals surface area contributed by atoms with Crippen LogP contribution in [0.3, 0.4) is 0 Å². The highest BCUT2D eigenvalue weighted by molar-refractivity contribution is 6.32. The Morgan fingerprint density at radius 2 is 1.75 bits per heavy atom. The molecular formula is C17H18Cl2N2O3. The van der Waals surface area contributed by atoms with E-state index in [1.165, 1.54) is 0 Å². The molecule has 0 spiro atoms. The van der Waals surface area contributed by atoms with Gasteiger partial charge >= 0.3 is 5.97 Å². The standard InChI is InChI=1S/C17H18Cl2N2O3/c18-15-8-13(9-16(19)21-15)11-24-17(22)14(20)6-7-23-10-12-4-2-1-3-5-12/h1-5,8-9,14H,6-7,10-11,20H2/t14-/m0/s1. The predicted octanol–water partition coefficient (Wildman–Crippen LogP) is 3.37. The molecule has 0 aliphatic rings. The molecule has 0 bridgehead atoms. The first-order valence-electron chi connectivity index (χ1n) is 7.40. The Bertz CT molecular complexity index is 648. The van der Waals surface area contributed by atoms with E-state index in [1.54, 1.807) is 12.1 Å². The Morgan fingerprint density at radius 3 is 2.42 bits per heavy atom. The van der Waals surface area contributed by atoms with Crippen LogP contribution in [0.15, 0.2) is 42.5 Å². The number of hydrogen-bond acceptors (Lipinski definition) is 5. The second-order valence-corrected chi connectivity index (χ2v) is 5.94. The molecule has 0 saturated carbocycles. The highest BCUT2D eigenvalue weighted by Crippen LogP contribution is 2.15. The number of pyridine rings is 1. The van der Waals surface area contributed by atoms with Crippen molar-refractivity contribution in [1.82, 2.24) is 4.98 Å². The van der Waals surface area contributed by atoms with Crippen molar-refractivity contribution in [2.45, 2.75) is 25.7 Å². The van der Waals surface area contributed by atoms with E-state index in [-0.39, 0.29) is 16.9 Å². The summed E-state index contributed by atoms with van der Waals surface area (Å²) in [6.07, 6.45) is 0.378. The number of carbonyl (C=O) groups is 1. The van der Waals surface area contributed by atoms with Crippen molar-refractivity contribution in [3.05, 3.63) is 63.9 Å². The van der Waals surface area contributed by atoms with E-state index in [2.05, 4.69) is 4.98 Å². The van der Waals surface area contributed by atoms with Crippen LogP contribution in [0, 0.1) is 0 Å². The van der Waals surface area contributed by atoms with Crippen LogP contribution in [-0.2, 0) is 27.5 Å². The van der Waals surface area contributed by atoms with Crippen molar-refractivity contribution in [2.75, 3.05) is 6.61 Å². The molecule has 1 heterocycles. The van der Waals surface area contributed by atoms with E-state index < -0.39 is 12.0 Å². The van der Waals surface area contributed by atoms with E-state index >= 15 is 0 Å². The van der Waals surface area contributed by atoms with Gasteiger partial charge in [-0.05, 0) is 29.7 Å². The summed E-state index contributed by atoms with van der Waals surface area (Å²) in [6, 6.07) is 12.2. The molecule has 2 N–H and O–H groups in total. The zero-order valence-corrected chi connectivity index (χ0v) is 14.5. The summed E-state index contributed by atoms with van der Waals surface area (Å²) in [6.45, 7) is 0.897. The molecule has 0 aliphatic carbocycles. The van der Waals surface area contributed by atoms with Gasteiger partial charge in [0.15, 0.2) is 0 Å². The molecule has 0 fully saturated rings. The van der Waals surface area contributed by atoms with Crippen molar-refractivity contribution >= 4 is 29.2 Å². The second kappa shape index (κ2) is 9.59. The van der Waals surface area contributed by atoms with Gasteiger partial charge < -0.3 is 15.2 Å². The average molecular weight is 369 g/mol. The Hall–Kier alpha value is -1.66. The van der Waals surface area contributed by atoms with Gasteiger partial charge in [-0.15, -0.1) is 0 Å². The second-order valence-electron chi connectivity index (χ2n) is 5.16. The number of ether oxygens (including phenoxy) is 2. The Labute approximate surface area is 150 Å². The molecule has 0 aliphatic heterocycles. The van der Waals surface area contributed by atoms with Crippen LogP contribution < -0.4 is 5.73 Å².